The first-order chi connectivity index (χ1) is 24.9. The number of aromatic amines is 3. The Bertz CT molecular complexity index is 2380. The van der Waals surface area contributed by atoms with Crippen LogP contribution in [0.3, 0.4) is 0 Å². The van der Waals surface area contributed by atoms with E-state index in [9.17, 15) is 19.8 Å². The molecule has 9 rings (SSSR count). The number of hydrogen-bond donors (Lipinski definition) is 5. The van der Waals surface area contributed by atoms with E-state index in [1.807, 2.05) is 84.9 Å². The SMILES string of the molecule is O=C1N=C(c2ccc(C(O)(c3ccccc3)c3ccc(C(O)(c4ccccc4)c4ccc(C5=NC(=O)c6ccccc65)[nH]4)[nH]3)[nH]2)c2ccccc21. The van der Waals surface area contributed by atoms with Gasteiger partial charge in [0.15, 0.2) is 11.2 Å². The minimum atomic E-state index is -1.73. The number of nitrogens with zero attached hydrogens (tertiary/aromatic N) is 2. The van der Waals surface area contributed by atoms with Gasteiger partial charge in [-0.05, 0) is 59.7 Å². The molecule has 2 unspecified atom stereocenters. The number of amides is 2. The van der Waals surface area contributed by atoms with Crippen molar-refractivity contribution in [3.05, 3.63) is 213 Å². The molecule has 0 spiro atoms. The first kappa shape index (κ1) is 30.4. The van der Waals surface area contributed by atoms with Crippen LogP contribution >= 0.6 is 0 Å². The second-order valence-electron chi connectivity index (χ2n) is 12.6. The van der Waals surface area contributed by atoms with Crippen molar-refractivity contribution in [2.24, 2.45) is 9.98 Å². The average molecular weight is 668 g/mol. The Kier molecular flexibility index (Phi) is 6.82. The maximum Gasteiger partial charge on any atom is 0.278 e. The van der Waals surface area contributed by atoms with Crippen LogP contribution in [-0.4, -0.2) is 48.4 Å². The summed E-state index contributed by atoms with van der Waals surface area (Å²) in [6, 6.07) is 43.6. The van der Waals surface area contributed by atoms with E-state index in [1.54, 1.807) is 60.7 Å². The van der Waals surface area contributed by atoms with E-state index < -0.39 is 11.2 Å². The van der Waals surface area contributed by atoms with Gasteiger partial charge >= 0.3 is 0 Å². The number of aliphatic imine (C=N–C) groups is 2. The number of carbonyl (C=O) groups excluding carboxylic acids is 2. The van der Waals surface area contributed by atoms with E-state index >= 15 is 0 Å². The van der Waals surface area contributed by atoms with Crippen molar-refractivity contribution < 1.29 is 19.8 Å². The fourth-order valence-electron chi connectivity index (χ4n) is 7.18. The van der Waals surface area contributed by atoms with E-state index in [4.69, 9.17) is 0 Å². The lowest BCUT2D eigenvalue weighted by Crippen LogP contribution is -2.32. The third-order valence-corrected chi connectivity index (χ3v) is 9.76. The van der Waals surface area contributed by atoms with Crippen LogP contribution in [0.15, 0.2) is 156 Å². The van der Waals surface area contributed by atoms with E-state index in [-0.39, 0.29) is 11.8 Å². The van der Waals surface area contributed by atoms with Crippen molar-refractivity contribution in [1.82, 2.24) is 15.0 Å². The van der Waals surface area contributed by atoms with Gasteiger partial charge in [-0.15, -0.1) is 0 Å². The molecule has 51 heavy (non-hydrogen) atoms. The van der Waals surface area contributed by atoms with Gasteiger partial charge in [0, 0.05) is 11.1 Å². The molecule has 0 fully saturated rings. The number of benzene rings is 4. The number of fused-ring (bicyclic) bond motifs is 2. The predicted octanol–water partition coefficient (Wildman–Crippen LogP) is 6.22. The Morgan fingerprint density at radius 1 is 0.392 bits per heavy atom. The lowest BCUT2D eigenvalue weighted by Gasteiger charge is -2.29. The molecule has 9 nitrogen and oxygen atoms in total. The van der Waals surface area contributed by atoms with Crippen LogP contribution in [0.5, 0.6) is 0 Å². The van der Waals surface area contributed by atoms with Gasteiger partial charge in [-0.2, -0.15) is 0 Å². The Balaban J connectivity index is 1.16. The third-order valence-electron chi connectivity index (χ3n) is 9.76. The summed E-state index contributed by atoms with van der Waals surface area (Å²) in [5.41, 5.74) is 3.99. The smallest absolute Gasteiger partial charge is 0.278 e. The van der Waals surface area contributed by atoms with Crippen LogP contribution in [0.2, 0.25) is 0 Å². The topological polar surface area (TPSA) is 147 Å². The van der Waals surface area contributed by atoms with Crippen molar-refractivity contribution >= 4 is 23.2 Å². The fraction of sp³-hybridized carbons (Fsp3) is 0.0476. The molecule has 0 bridgehead atoms. The van der Waals surface area contributed by atoms with Gasteiger partial charge < -0.3 is 25.2 Å². The third kappa shape index (κ3) is 4.64. The standard InChI is InChI=1S/C42H29N5O4/c48-39-29-17-9-7-15-27(29)37(46-39)31-19-21-33(43-31)41(50,25-11-3-1-4-12-25)35-23-24-36(45-35)42(51,26-13-5-2-6-14-26)34-22-20-32(44-34)38-28-16-8-10-18-30(28)40(49)47-38/h1-24,43-45,50-51H. The van der Waals surface area contributed by atoms with Gasteiger partial charge in [0.05, 0.1) is 56.7 Å². The van der Waals surface area contributed by atoms with Crippen molar-refractivity contribution in [2.45, 2.75) is 11.2 Å². The number of aromatic nitrogens is 3. The van der Waals surface area contributed by atoms with Crippen molar-refractivity contribution in [3.8, 4) is 0 Å². The van der Waals surface area contributed by atoms with Gasteiger partial charge in [-0.3, -0.25) is 9.59 Å². The number of nitrogens with one attached hydrogen (secondary N) is 3. The summed E-state index contributed by atoms with van der Waals surface area (Å²) in [5, 5.41) is 25.6. The van der Waals surface area contributed by atoms with Crippen molar-refractivity contribution in [3.63, 3.8) is 0 Å². The maximum atomic E-state index is 12.8. The number of carbonyl (C=O) groups is 2. The van der Waals surface area contributed by atoms with Crippen LogP contribution in [0.25, 0.3) is 0 Å². The molecule has 0 aliphatic carbocycles. The minimum Gasteiger partial charge on any atom is -0.373 e. The summed E-state index contributed by atoms with van der Waals surface area (Å²) in [6.45, 7) is 0. The van der Waals surface area contributed by atoms with E-state index in [2.05, 4.69) is 24.9 Å². The Morgan fingerprint density at radius 3 is 1.14 bits per heavy atom. The molecule has 0 saturated carbocycles. The number of aliphatic hydroxyl groups is 2. The molecule has 9 heteroatoms. The van der Waals surface area contributed by atoms with Crippen LogP contribution in [-0.2, 0) is 11.2 Å². The highest BCUT2D eigenvalue weighted by Gasteiger charge is 2.42. The van der Waals surface area contributed by atoms with Gasteiger partial charge in [0.2, 0.25) is 0 Å². The van der Waals surface area contributed by atoms with E-state index in [0.29, 0.717) is 67.8 Å². The predicted molar refractivity (Wildman–Crippen MR) is 192 cm³/mol. The van der Waals surface area contributed by atoms with Gasteiger partial charge in [-0.1, -0.05) is 97.1 Å². The molecular formula is C42H29N5O4. The number of H-pyrrole nitrogens is 3. The lowest BCUT2D eigenvalue weighted by atomic mass is 9.87. The monoisotopic (exact) mass is 667 g/mol. The second kappa shape index (κ2) is 11.4. The zero-order chi connectivity index (χ0) is 34.7. The Labute approximate surface area is 291 Å². The first-order valence-corrected chi connectivity index (χ1v) is 16.5. The molecule has 2 aliphatic heterocycles. The molecule has 5 N–H and O–H groups in total. The Morgan fingerprint density at radius 2 is 0.725 bits per heavy atom. The normalized spacial score (nSPS) is 15.9. The van der Waals surface area contributed by atoms with Gasteiger partial charge in [0.25, 0.3) is 11.8 Å². The summed E-state index contributed by atoms with van der Waals surface area (Å²) in [4.78, 5) is 44.0. The van der Waals surface area contributed by atoms with Crippen molar-refractivity contribution in [1.29, 1.82) is 0 Å². The molecule has 2 amide bonds. The van der Waals surface area contributed by atoms with Crippen molar-refractivity contribution in [2.75, 3.05) is 0 Å². The number of hydrogen-bond acceptors (Lipinski definition) is 4. The molecule has 7 aromatic rings. The highest BCUT2D eigenvalue weighted by molar-refractivity contribution is 6.27. The molecule has 2 atom stereocenters. The highest BCUT2D eigenvalue weighted by atomic mass is 16.3. The molecule has 0 saturated heterocycles. The quantitative estimate of drug-likeness (QED) is 0.131. The summed E-state index contributed by atoms with van der Waals surface area (Å²) in [7, 11) is 0. The minimum absolute atomic E-state index is 0.312. The zero-order valence-corrected chi connectivity index (χ0v) is 27.0. The van der Waals surface area contributed by atoms with E-state index in [0.717, 1.165) is 11.1 Å². The summed E-state index contributed by atoms with van der Waals surface area (Å²) in [6.07, 6.45) is 0. The zero-order valence-electron chi connectivity index (χ0n) is 27.0. The largest absolute Gasteiger partial charge is 0.373 e. The highest BCUT2D eigenvalue weighted by Crippen LogP contribution is 2.41. The Hall–Kier alpha value is -6.68. The summed E-state index contributed by atoms with van der Waals surface area (Å²) in [5.74, 6) is -0.625. The van der Waals surface area contributed by atoms with Gasteiger partial charge in [0.1, 0.15) is 0 Å². The molecule has 2 aliphatic rings. The lowest BCUT2D eigenvalue weighted by molar-refractivity contribution is 0.0998. The molecule has 0 radical (unpaired) electrons. The molecule has 4 aromatic carbocycles. The second-order valence-corrected chi connectivity index (χ2v) is 12.6. The summed E-state index contributed by atoms with van der Waals surface area (Å²) >= 11 is 0. The van der Waals surface area contributed by atoms with Crippen LogP contribution in [0, 0.1) is 0 Å². The number of rotatable bonds is 8. The fourth-order valence-corrected chi connectivity index (χ4v) is 7.18. The molecule has 3 aromatic heterocycles. The molecule has 246 valence electrons. The maximum absolute atomic E-state index is 12.8. The average Bonchev–Trinajstić information content (AvgIpc) is 4.03. The summed E-state index contributed by atoms with van der Waals surface area (Å²) < 4.78 is 0. The van der Waals surface area contributed by atoms with Gasteiger partial charge in [-0.25, -0.2) is 9.98 Å². The van der Waals surface area contributed by atoms with E-state index in [1.165, 1.54) is 0 Å². The van der Waals surface area contributed by atoms with Crippen LogP contribution < -0.4 is 0 Å². The molecular weight excluding hydrogens is 638 g/mol. The van der Waals surface area contributed by atoms with Crippen LogP contribution in [0.4, 0.5) is 0 Å². The molecule has 5 heterocycles. The first-order valence-electron chi connectivity index (χ1n) is 16.5. The van der Waals surface area contributed by atoms with Crippen LogP contribution in [0.1, 0.15) is 77.1 Å².